The number of carbonyl (C=O) groups excluding carboxylic acids is 1. The van der Waals surface area contributed by atoms with Crippen LogP contribution in [0.2, 0.25) is 0 Å². The molecule has 0 aliphatic heterocycles. The molecule has 1 heterocycles. The van der Waals surface area contributed by atoms with Gasteiger partial charge in [-0.15, -0.1) is 10.2 Å². The van der Waals surface area contributed by atoms with Gasteiger partial charge in [0.05, 0.1) is 7.11 Å². The summed E-state index contributed by atoms with van der Waals surface area (Å²) in [5, 5.41) is 7.22. The molecule has 0 unspecified atom stereocenters. The Kier molecular flexibility index (Phi) is 3.47. The molecular weight excluding hydrogens is 268 g/mol. The van der Waals surface area contributed by atoms with Crippen LogP contribution in [0, 0.1) is 0 Å². The van der Waals surface area contributed by atoms with Crippen molar-refractivity contribution in [3.8, 4) is 16.9 Å². The molecule has 0 aliphatic rings. The SMILES string of the molecule is COc1ccc(C(=O)c2nnco2)c(-c2ccccc2)c1. The van der Waals surface area contributed by atoms with Crippen molar-refractivity contribution in [3.63, 3.8) is 0 Å². The second-order valence-electron chi connectivity index (χ2n) is 4.35. The van der Waals surface area contributed by atoms with Gasteiger partial charge in [0.25, 0.3) is 5.89 Å². The van der Waals surface area contributed by atoms with E-state index in [0.29, 0.717) is 11.3 Å². The minimum absolute atomic E-state index is 0.0302. The van der Waals surface area contributed by atoms with Crippen molar-refractivity contribution in [3.05, 3.63) is 66.4 Å². The maximum absolute atomic E-state index is 12.5. The van der Waals surface area contributed by atoms with E-state index in [-0.39, 0.29) is 11.7 Å². The number of rotatable bonds is 4. The fourth-order valence-corrected chi connectivity index (χ4v) is 2.09. The molecule has 1 aromatic heterocycles. The van der Waals surface area contributed by atoms with Crippen molar-refractivity contribution in [2.24, 2.45) is 0 Å². The van der Waals surface area contributed by atoms with E-state index in [0.717, 1.165) is 17.5 Å². The normalized spacial score (nSPS) is 10.3. The van der Waals surface area contributed by atoms with E-state index in [1.54, 1.807) is 19.2 Å². The van der Waals surface area contributed by atoms with E-state index in [2.05, 4.69) is 10.2 Å². The van der Waals surface area contributed by atoms with E-state index in [1.807, 2.05) is 36.4 Å². The molecule has 3 rings (SSSR count). The first kappa shape index (κ1) is 13.1. The highest BCUT2D eigenvalue weighted by Gasteiger charge is 2.19. The lowest BCUT2D eigenvalue weighted by molar-refractivity contribution is 0.100. The van der Waals surface area contributed by atoms with Crippen molar-refractivity contribution >= 4 is 5.78 Å². The predicted octanol–water partition coefficient (Wildman–Crippen LogP) is 2.98. The van der Waals surface area contributed by atoms with Gasteiger partial charge in [0.1, 0.15) is 5.75 Å². The van der Waals surface area contributed by atoms with Crippen LogP contribution in [0.15, 0.2) is 59.3 Å². The zero-order valence-electron chi connectivity index (χ0n) is 11.3. The van der Waals surface area contributed by atoms with Crippen molar-refractivity contribution in [2.45, 2.75) is 0 Å². The highest BCUT2D eigenvalue weighted by Crippen LogP contribution is 2.29. The predicted molar refractivity (Wildman–Crippen MR) is 76.2 cm³/mol. The third kappa shape index (κ3) is 2.53. The van der Waals surface area contributed by atoms with Gasteiger partial charge in [0.2, 0.25) is 12.2 Å². The van der Waals surface area contributed by atoms with Gasteiger partial charge in [-0.3, -0.25) is 4.79 Å². The molecule has 5 heteroatoms. The second-order valence-corrected chi connectivity index (χ2v) is 4.35. The summed E-state index contributed by atoms with van der Waals surface area (Å²) in [5.74, 6) is 0.335. The molecule has 0 saturated carbocycles. The molecule has 0 bridgehead atoms. The summed E-state index contributed by atoms with van der Waals surface area (Å²) in [6.45, 7) is 0. The van der Waals surface area contributed by atoms with Gasteiger partial charge in [0, 0.05) is 5.56 Å². The smallest absolute Gasteiger partial charge is 0.288 e. The molecule has 0 radical (unpaired) electrons. The molecule has 0 amide bonds. The van der Waals surface area contributed by atoms with Crippen LogP contribution in [0.3, 0.4) is 0 Å². The molecule has 0 saturated heterocycles. The van der Waals surface area contributed by atoms with Gasteiger partial charge >= 0.3 is 0 Å². The minimum Gasteiger partial charge on any atom is -0.497 e. The van der Waals surface area contributed by atoms with Gasteiger partial charge in [-0.1, -0.05) is 30.3 Å². The first-order chi connectivity index (χ1) is 10.3. The zero-order valence-corrected chi connectivity index (χ0v) is 11.3. The first-order valence-corrected chi connectivity index (χ1v) is 6.34. The Balaban J connectivity index is 2.14. The van der Waals surface area contributed by atoms with Crippen LogP contribution in [0.4, 0.5) is 0 Å². The molecule has 0 atom stereocenters. The average molecular weight is 280 g/mol. The lowest BCUT2D eigenvalue weighted by Crippen LogP contribution is -2.04. The van der Waals surface area contributed by atoms with Crippen LogP contribution >= 0.6 is 0 Å². The number of methoxy groups -OCH3 is 1. The molecule has 5 nitrogen and oxygen atoms in total. The van der Waals surface area contributed by atoms with E-state index in [1.165, 1.54) is 0 Å². The molecule has 104 valence electrons. The summed E-state index contributed by atoms with van der Waals surface area (Å²) in [6.07, 6.45) is 1.14. The number of benzene rings is 2. The molecule has 2 aromatic carbocycles. The molecule has 21 heavy (non-hydrogen) atoms. The number of ketones is 1. The van der Waals surface area contributed by atoms with Crippen LogP contribution < -0.4 is 4.74 Å². The second kappa shape index (κ2) is 5.58. The molecule has 0 N–H and O–H groups in total. The zero-order chi connectivity index (χ0) is 14.7. The van der Waals surface area contributed by atoms with Crippen LogP contribution in [0.1, 0.15) is 16.2 Å². The topological polar surface area (TPSA) is 65.2 Å². The van der Waals surface area contributed by atoms with E-state index in [9.17, 15) is 4.79 Å². The van der Waals surface area contributed by atoms with E-state index < -0.39 is 0 Å². The maximum Gasteiger partial charge on any atom is 0.288 e. The standard InChI is InChI=1S/C16H12N2O3/c1-20-12-7-8-13(15(19)16-18-17-10-21-16)14(9-12)11-5-3-2-4-6-11/h2-10H,1H3. The molecule has 0 fully saturated rings. The van der Waals surface area contributed by atoms with Crippen molar-refractivity contribution < 1.29 is 13.9 Å². The van der Waals surface area contributed by atoms with Crippen LogP contribution in [-0.2, 0) is 0 Å². The van der Waals surface area contributed by atoms with Gasteiger partial charge in [0.15, 0.2) is 0 Å². The summed E-state index contributed by atoms with van der Waals surface area (Å²) >= 11 is 0. The monoisotopic (exact) mass is 280 g/mol. The molecule has 3 aromatic rings. The van der Waals surface area contributed by atoms with Crippen molar-refractivity contribution in [2.75, 3.05) is 7.11 Å². The Labute approximate surface area is 121 Å². The fraction of sp³-hybridized carbons (Fsp3) is 0.0625. The molecular formula is C16H12N2O3. The van der Waals surface area contributed by atoms with Crippen LogP contribution in [0.25, 0.3) is 11.1 Å². The first-order valence-electron chi connectivity index (χ1n) is 6.34. The van der Waals surface area contributed by atoms with Gasteiger partial charge < -0.3 is 9.15 Å². The van der Waals surface area contributed by atoms with Crippen molar-refractivity contribution in [1.82, 2.24) is 10.2 Å². The number of ether oxygens (including phenoxy) is 1. The van der Waals surface area contributed by atoms with Gasteiger partial charge in [-0.05, 0) is 29.3 Å². The Morgan fingerprint density at radius 1 is 1.14 bits per heavy atom. The minimum atomic E-state index is -0.311. The third-order valence-corrected chi connectivity index (χ3v) is 3.11. The highest BCUT2D eigenvalue weighted by molar-refractivity contribution is 6.10. The summed E-state index contributed by atoms with van der Waals surface area (Å²) in [5.41, 5.74) is 2.17. The van der Waals surface area contributed by atoms with Crippen molar-refractivity contribution in [1.29, 1.82) is 0 Å². The summed E-state index contributed by atoms with van der Waals surface area (Å²) in [4.78, 5) is 12.5. The fourth-order valence-electron chi connectivity index (χ4n) is 2.09. The lowest BCUT2D eigenvalue weighted by atomic mass is 9.96. The summed E-state index contributed by atoms with van der Waals surface area (Å²) in [7, 11) is 1.59. The lowest BCUT2D eigenvalue weighted by Gasteiger charge is -2.09. The van der Waals surface area contributed by atoms with Crippen LogP contribution in [-0.4, -0.2) is 23.1 Å². The molecule has 0 spiro atoms. The average Bonchev–Trinajstić information content (AvgIpc) is 3.09. The third-order valence-electron chi connectivity index (χ3n) is 3.11. The van der Waals surface area contributed by atoms with Gasteiger partial charge in [-0.25, -0.2) is 0 Å². The molecule has 0 aliphatic carbocycles. The number of hydrogen-bond donors (Lipinski definition) is 0. The highest BCUT2D eigenvalue weighted by atomic mass is 16.5. The van der Waals surface area contributed by atoms with E-state index in [4.69, 9.17) is 9.15 Å². The number of aromatic nitrogens is 2. The Morgan fingerprint density at radius 3 is 2.62 bits per heavy atom. The van der Waals surface area contributed by atoms with Crippen LogP contribution in [0.5, 0.6) is 5.75 Å². The summed E-state index contributed by atoms with van der Waals surface area (Å²) in [6, 6.07) is 14.9. The van der Waals surface area contributed by atoms with E-state index >= 15 is 0 Å². The largest absolute Gasteiger partial charge is 0.497 e. The van der Waals surface area contributed by atoms with Gasteiger partial charge in [-0.2, -0.15) is 0 Å². The summed E-state index contributed by atoms with van der Waals surface area (Å²) < 4.78 is 10.2. The number of nitrogens with zero attached hydrogens (tertiary/aromatic N) is 2. The Hall–Kier alpha value is -2.95. The Morgan fingerprint density at radius 2 is 1.95 bits per heavy atom. The maximum atomic E-state index is 12.5. The Bertz CT molecular complexity index is 752. The quantitative estimate of drug-likeness (QED) is 0.687. The number of hydrogen-bond acceptors (Lipinski definition) is 5. The number of carbonyl (C=O) groups is 1.